The zero-order valence-electron chi connectivity index (χ0n) is 18.1. The molecule has 2 aliphatic rings. The van der Waals surface area contributed by atoms with Gasteiger partial charge in [-0.3, -0.25) is 0 Å². The molecule has 0 unspecified atom stereocenters. The van der Waals surface area contributed by atoms with Crippen molar-refractivity contribution in [3.63, 3.8) is 0 Å². The molecule has 33 heavy (non-hydrogen) atoms. The van der Waals surface area contributed by atoms with Gasteiger partial charge >= 0.3 is 0 Å². The van der Waals surface area contributed by atoms with Gasteiger partial charge in [0.15, 0.2) is 0 Å². The molecule has 0 radical (unpaired) electrons. The third kappa shape index (κ3) is 3.97. The molecule has 4 heterocycles. The van der Waals surface area contributed by atoms with Crippen molar-refractivity contribution in [2.45, 2.75) is 44.2 Å². The number of imidazole rings is 1. The van der Waals surface area contributed by atoms with Crippen LogP contribution < -0.4 is 5.32 Å². The molecule has 7 heteroatoms. The number of thiophene rings is 1. The topological polar surface area (TPSA) is 55.6 Å². The van der Waals surface area contributed by atoms with E-state index < -0.39 is 0 Å². The van der Waals surface area contributed by atoms with Crippen molar-refractivity contribution in [1.82, 2.24) is 19.5 Å². The number of hydrogen-bond acceptors (Lipinski definition) is 5. The number of fused-ring (bicyclic) bond motifs is 1. The van der Waals surface area contributed by atoms with Crippen LogP contribution in [-0.4, -0.2) is 25.6 Å². The largest absolute Gasteiger partial charge is 0.351 e. The summed E-state index contributed by atoms with van der Waals surface area (Å²) in [5.74, 6) is 1.44. The first-order valence-electron chi connectivity index (χ1n) is 11.4. The molecule has 5 nitrogen and oxygen atoms in total. The summed E-state index contributed by atoms with van der Waals surface area (Å²) in [6.45, 7) is 0. The molecule has 1 N–H and O–H groups in total. The Morgan fingerprint density at radius 2 is 1.94 bits per heavy atom. The SMILES string of the molecule is Fc1ccc(-c2nc3n(c2-c2ccnc(NC4CCC4)n2)[C@H](/C=C/c2cccs2)CC3)cc1. The summed E-state index contributed by atoms with van der Waals surface area (Å²) in [6.07, 6.45) is 11.7. The van der Waals surface area contributed by atoms with E-state index in [9.17, 15) is 4.39 Å². The molecule has 1 aliphatic heterocycles. The van der Waals surface area contributed by atoms with Gasteiger partial charge in [0.2, 0.25) is 5.95 Å². The van der Waals surface area contributed by atoms with Crippen molar-refractivity contribution in [3.05, 3.63) is 76.6 Å². The molecule has 3 aromatic heterocycles. The first-order chi connectivity index (χ1) is 16.2. The minimum absolute atomic E-state index is 0.191. The van der Waals surface area contributed by atoms with Gasteiger partial charge in [0.05, 0.1) is 23.1 Å². The Morgan fingerprint density at radius 3 is 2.70 bits per heavy atom. The second-order valence-electron chi connectivity index (χ2n) is 8.62. The van der Waals surface area contributed by atoms with E-state index in [1.165, 1.54) is 23.4 Å². The molecule has 0 amide bonds. The van der Waals surface area contributed by atoms with Crippen molar-refractivity contribution in [2.24, 2.45) is 0 Å². The molecular weight excluding hydrogens is 433 g/mol. The highest BCUT2D eigenvalue weighted by molar-refractivity contribution is 7.10. The van der Waals surface area contributed by atoms with Crippen LogP contribution in [0.25, 0.3) is 28.7 Å². The van der Waals surface area contributed by atoms with Gasteiger partial charge in [0.1, 0.15) is 11.6 Å². The lowest BCUT2D eigenvalue weighted by Gasteiger charge is -2.26. The van der Waals surface area contributed by atoms with Gasteiger partial charge < -0.3 is 9.88 Å². The van der Waals surface area contributed by atoms with Crippen molar-refractivity contribution in [3.8, 4) is 22.6 Å². The number of aryl methyl sites for hydroxylation is 1. The lowest BCUT2D eigenvalue weighted by atomic mass is 9.93. The molecule has 1 aliphatic carbocycles. The van der Waals surface area contributed by atoms with Gasteiger partial charge in [-0.05, 0) is 73.5 Å². The number of anilines is 1. The first kappa shape index (κ1) is 20.3. The summed E-state index contributed by atoms with van der Waals surface area (Å²) in [5, 5.41) is 5.55. The number of nitrogens with zero attached hydrogens (tertiary/aromatic N) is 4. The maximum atomic E-state index is 13.6. The Balaban J connectivity index is 1.45. The normalized spacial score (nSPS) is 17.9. The van der Waals surface area contributed by atoms with E-state index in [4.69, 9.17) is 9.97 Å². The number of rotatable bonds is 6. The van der Waals surface area contributed by atoms with Crippen LogP contribution >= 0.6 is 11.3 Å². The molecule has 6 rings (SSSR count). The second-order valence-corrected chi connectivity index (χ2v) is 9.60. The third-order valence-electron chi connectivity index (χ3n) is 6.46. The van der Waals surface area contributed by atoms with E-state index in [1.54, 1.807) is 23.5 Å². The van der Waals surface area contributed by atoms with E-state index in [2.05, 4.69) is 44.5 Å². The number of halogens is 1. The Labute approximate surface area is 196 Å². The summed E-state index contributed by atoms with van der Waals surface area (Å²) < 4.78 is 15.9. The van der Waals surface area contributed by atoms with E-state index in [0.29, 0.717) is 12.0 Å². The zero-order valence-corrected chi connectivity index (χ0v) is 18.9. The number of hydrogen-bond donors (Lipinski definition) is 1. The van der Waals surface area contributed by atoms with Crippen LogP contribution in [0.15, 0.2) is 60.1 Å². The van der Waals surface area contributed by atoms with Crippen LogP contribution in [0, 0.1) is 5.82 Å². The smallest absolute Gasteiger partial charge is 0.223 e. The molecule has 4 aromatic rings. The first-order valence-corrected chi connectivity index (χ1v) is 12.3. The monoisotopic (exact) mass is 457 g/mol. The van der Waals surface area contributed by atoms with Crippen molar-refractivity contribution >= 4 is 23.4 Å². The molecule has 1 aromatic carbocycles. The van der Waals surface area contributed by atoms with Crippen LogP contribution in [0.4, 0.5) is 10.3 Å². The minimum Gasteiger partial charge on any atom is -0.351 e. The highest BCUT2D eigenvalue weighted by Gasteiger charge is 2.30. The quantitative estimate of drug-likeness (QED) is 0.365. The highest BCUT2D eigenvalue weighted by atomic mass is 32.1. The van der Waals surface area contributed by atoms with Crippen LogP contribution in [0.5, 0.6) is 0 Å². The molecule has 1 saturated carbocycles. The highest BCUT2D eigenvalue weighted by Crippen LogP contribution is 2.40. The maximum Gasteiger partial charge on any atom is 0.223 e. The number of aromatic nitrogens is 4. The zero-order chi connectivity index (χ0) is 22.2. The Kier molecular flexibility index (Phi) is 5.26. The molecular formula is C26H24FN5S. The third-order valence-corrected chi connectivity index (χ3v) is 7.30. The fourth-order valence-corrected chi connectivity index (χ4v) is 5.17. The van der Waals surface area contributed by atoms with Gasteiger partial charge in [-0.1, -0.05) is 12.1 Å². The van der Waals surface area contributed by atoms with E-state index in [1.807, 2.05) is 12.3 Å². The fraction of sp³-hybridized carbons (Fsp3) is 0.269. The van der Waals surface area contributed by atoms with E-state index in [0.717, 1.165) is 54.2 Å². The number of nitrogens with one attached hydrogen (secondary N) is 1. The predicted molar refractivity (Wildman–Crippen MR) is 131 cm³/mol. The minimum atomic E-state index is -0.252. The van der Waals surface area contributed by atoms with Crippen molar-refractivity contribution < 1.29 is 4.39 Å². The summed E-state index contributed by atoms with van der Waals surface area (Å²) >= 11 is 1.73. The standard InChI is InChI=1S/C26H24FN5S/c27-18-8-6-17(7-9-18)24-25(22-14-15-28-26(30-22)29-19-3-1-4-19)32-20(11-13-23(32)31-24)10-12-21-5-2-16-33-21/h2,5-10,12,14-16,19-20H,1,3-4,11,13H2,(H,28,29,30)/b12-10+/t20-/m1/s1. The van der Waals surface area contributed by atoms with Gasteiger partial charge in [-0.15, -0.1) is 11.3 Å². The number of allylic oxidation sites excluding steroid dienone is 1. The van der Waals surface area contributed by atoms with E-state index in [-0.39, 0.29) is 11.9 Å². The van der Waals surface area contributed by atoms with E-state index >= 15 is 0 Å². The Hall–Kier alpha value is -3.32. The fourth-order valence-electron chi connectivity index (χ4n) is 4.54. The van der Waals surface area contributed by atoms with Crippen LogP contribution in [0.3, 0.4) is 0 Å². The van der Waals surface area contributed by atoms with Gasteiger partial charge in [0, 0.05) is 29.1 Å². The lowest BCUT2D eigenvalue weighted by Crippen LogP contribution is -2.28. The Morgan fingerprint density at radius 1 is 1.06 bits per heavy atom. The maximum absolute atomic E-state index is 13.6. The van der Waals surface area contributed by atoms with Crippen LogP contribution in [0.1, 0.15) is 42.4 Å². The van der Waals surface area contributed by atoms with Crippen LogP contribution in [0.2, 0.25) is 0 Å². The molecule has 0 spiro atoms. The molecule has 166 valence electrons. The number of benzene rings is 1. The average molecular weight is 458 g/mol. The van der Waals surface area contributed by atoms with Crippen molar-refractivity contribution in [1.29, 1.82) is 0 Å². The average Bonchev–Trinajstić information content (AvgIpc) is 3.53. The summed E-state index contributed by atoms with van der Waals surface area (Å²) in [4.78, 5) is 15.6. The summed E-state index contributed by atoms with van der Waals surface area (Å²) in [6, 6.07) is 13.3. The second kappa shape index (κ2) is 8.56. The Bertz CT molecular complexity index is 1290. The van der Waals surface area contributed by atoms with Gasteiger partial charge in [-0.25, -0.2) is 19.3 Å². The summed E-state index contributed by atoms with van der Waals surface area (Å²) in [5.41, 5.74) is 3.53. The molecule has 1 atom stereocenters. The van der Waals surface area contributed by atoms with Gasteiger partial charge in [-0.2, -0.15) is 0 Å². The lowest BCUT2D eigenvalue weighted by molar-refractivity contribution is 0.443. The van der Waals surface area contributed by atoms with Crippen molar-refractivity contribution in [2.75, 3.05) is 5.32 Å². The predicted octanol–water partition coefficient (Wildman–Crippen LogP) is 6.37. The molecule has 0 saturated heterocycles. The molecule has 1 fully saturated rings. The summed E-state index contributed by atoms with van der Waals surface area (Å²) in [7, 11) is 0. The van der Waals surface area contributed by atoms with Crippen LogP contribution in [-0.2, 0) is 6.42 Å². The molecule has 0 bridgehead atoms. The van der Waals surface area contributed by atoms with Gasteiger partial charge in [0.25, 0.3) is 0 Å².